The Morgan fingerprint density at radius 1 is 1.73 bits per heavy atom. The lowest BCUT2D eigenvalue weighted by Crippen LogP contribution is -2.13. The third-order valence-electron chi connectivity index (χ3n) is 1.87. The quantitative estimate of drug-likeness (QED) is 0.437. The minimum atomic E-state index is -0.319. The van der Waals surface area contributed by atoms with Crippen LogP contribution < -0.4 is 0 Å². The van der Waals surface area contributed by atoms with Gasteiger partial charge < -0.3 is 9.47 Å². The Labute approximate surface area is 66.0 Å². The van der Waals surface area contributed by atoms with Crippen LogP contribution in [0.3, 0.4) is 0 Å². The van der Waals surface area contributed by atoms with E-state index in [0.29, 0.717) is 12.2 Å². The summed E-state index contributed by atoms with van der Waals surface area (Å²) < 4.78 is 9.63. The van der Waals surface area contributed by atoms with Crippen molar-refractivity contribution in [1.82, 2.24) is 0 Å². The molecule has 0 spiro atoms. The Hall–Kier alpha value is -0.830. The first-order valence-electron chi connectivity index (χ1n) is 3.60. The van der Waals surface area contributed by atoms with Gasteiger partial charge in [-0.25, -0.2) is 4.79 Å². The van der Waals surface area contributed by atoms with E-state index in [0.717, 1.165) is 13.0 Å². The zero-order valence-corrected chi connectivity index (χ0v) is 6.63. The number of hydrogen-bond donors (Lipinski definition) is 0. The first-order chi connectivity index (χ1) is 5.25. The summed E-state index contributed by atoms with van der Waals surface area (Å²) in [4.78, 5) is 10.9. The molecule has 0 aliphatic carbocycles. The topological polar surface area (TPSA) is 35.5 Å². The highest BCUT2D eigenvalue weighted by atomic mass is 16.5. The second-order valence-electron chi connectivity index (χ2n) is 2.58. The van der Waals surface area contributed by atoms with Gasteiger partial charge >= 0.3 is 5.97 Å². The van der Waals surface area contributed by atoms with Crippen molar-refractivity contribution in [3.8, 4) is 0 Å². The molecule has 0 aromatic heterocycles. The van der Waals surface area contributed by atoms with Crippen LogP contribution in [0.5, 0.6) is 0 Å². The monoisotopic (exact) mass is 156 g/mol. The lowest BCUT2D eigenvalue weighted by atomic mass is 10.0. The van der Waals surface area contributed by atoms with Crippen LogP contribution in [0.15, 0.2) is 12.2 Å². The molecule has 0 saturated carbocycles. The van der Waals surface area contributed by atoms with Crippen LogP contribution >= 0.6 is 0 Å². The van der Waals surface area contributed by atoms with Gasteiger partial charge in [0, 0.05) is 18.1 Å². The molecule has 1 atom stereocenters. The van der Waals surface area contributed by atoms with E-state index in [1.54, 1.807) is 0 Å². The van der Waals surface area contributed by atoms with Crippen LogP contribution in [0.2, 0.25) is 0 Å². The molecule has 0 bridgehead atoms. The second-order valence-corrected chi connectivity index (χ2v) is 2.58. The Kier molecular flexibility index (Phi) is 2.65. The maximum atomic E-state index is 10.9. The number of hydrogen-bond acceptors (Lipinski definition) is 3. The zero-order chi connectivity index (χ0) is 8.27. The molecule has 1 saturated heterocycles. The molecule has 0 radical (unpaired) electrons. The van der Waals surface area contributed by atoms with Gasteiger partial charge in [0.1, 0.15) is 0 Å². The van der Waals surface area contributed by atoms with Crippen molar-refractivity contribution in [2.45, 2.75) is 6.42 Å². The van der Waals surface area contributed by atoms with Crippen molar-refractivity contribution in [2.75, 3.05) is 20.3 Å². The molecule has 1 aliphatic heterocycles. The van der Waals surface area contributed by atoms with Gasteiger partial charge in [-0.1, -0.05) is 6.58 Å². The molecule has 62 valence electrons. The number of carbonyl (C=O) groups excluding carboxylic acids is 1. The van der Waals surface area contributed by atoms with E-state index in [4.69, 9.17) is 4.74 Å². The Morgan fingerprint density at radius 3 is 2.91 bits per heavy atom. The lowest BCUT2D eigenvalue weighted by Gasteiger charge is -2.07. The average molecular weight is 156 g/mol. The molecule has 1 fully saturated rings. The van der Waals surface area contributed by atoms with Gasteiger partial charge in [-0.3, -0.25) is 0 Å². The van der Waals surface area contributed by atoms with Crippen molar-refractivity contribution in [3.63, 3.8) is 0 Å². The molecule has 1 heterocycles. The van der Waals surface area contributed by atoms with Gasteiger partial charge in [-0.15, -0.1) is 0 Å². The highest BCUT2D eigenvalue weighted by molar-refractivity contribution is 5.88. The van der Waals surface area contributed by atoms with Gasteiger partial charge in [-0.2, -0.15) is 0 Å². The molecule has 0 N–H and O–H groups in total. The van der Waals surface area contributed by atoms with Crippen LogP contribution in [0.4, 0.5) is 0 Å². The molecule has 3 nitrogen and oxygen atoms in total. The van der Waals surface area contributed by atoms with Crippen molar-refractivity contribution in [2.24, 2.45) is 5.92 Å². The summed E-state index contributed by atoms with van der Waals surface area (Å²) in [7, 11) is 1.36. The Balaban J connectivity index is 2.46. The summed E-state index contributed by atoms with van der Waals surface area (Å²) in [6.45, 7) is 4.98. The third-order valence-corrected chi connectivity index (χ3v) is 1.87. The molecular formula is C8H12O3. The fourth-order valence-corrected chi connectivity index (χ4v) is 1.11. The van der Waals surface area contributed by atoms with Crippen LogP contribution in [0, 0.1) is 5.92 Å². The number of esters is 1. The number of ether oxygens (including phenoxy) is 2. The van der Waals surface area contributed by atoms with E-state index in [-0.39, 0.29) is 11.9 Å². The summed E-state index contributed by atoms with van der Waals surface area (Å²) in [5.41, 5.74) is 0.532. The predicted molar refractivity (Wildman–Crippen MR) is 40.1 cm³/mol. The molecule has 1 aliphatic rings. The van der Waals surface area contributed by atoms with Crippen LogP contribution in [-0.2, 0) is 14.3 Å². The van der Waals surface area contributed by atoms with Gasteiger partial charge in [0.2, 0.25) is 0 Å². The minimum absolute atomic E-state index is 0.169. The number of methoxy groups -OCH3 is 1. The van der Waals surface area contributed by atoms with E-state index in [1.165, 1.54) is 7.11 Å². The van der Waals surface area contributed by atoms with Gasteiger partial charge in [0.15, 0.2) is 0 Å². The Bertz CT molecular complexity index is 168. The van der Waals surface area contributed by atoms with Gasteiger partial charge in [-0.05, 0) is 6.42 Å². The van der Waals surface area contributed by atoms with E-state index >= 15 is 0 Å². The summed E-state index contributed by atoms with van der Waals surface area (Å²) in [6, 6.07) is 0. The predicted octanol–water partition coefficient (Wildman–Crippen LogP) is 0.752. The molecule has 0 aromatic rings. The molecule has 3 heteroatoms. The maximum Gasteiger partial charge on any atom is 0.333 e. The molecule has 1 rings (SSSR count). The summed E-state index contributed by atoms with van der Waals surface area (Å²) in [5.74, 6) is -0.150. The lowest BCUT2D eigenvalue weighted by molar-refractivity contribution is -0.136. The van der Waals surface area contributed by atoms with Crippen molar-refractivity contribution < 1.29 is 14.3 Å². The summed E-state index contributed by atoms with van der Waals surface area (Å²) >= 11 is 0. The van der Waals surface area contributed by atoms with E-state index in [1.807, 2.05) is 0 Å². The van der Waals surface area contributed by atoms with E-state index < -0.39 is 0 Å². The third kappa shape index (κ3) is 1.80. The van der Waals surface area contributed by atoms with Crippen molar-refractivity contribution in [3.05, 3.63) is 12.2 Å². The SMILES string of the molecule is C=C(C(=O)OC)[C@@H]1CCOC1. The van der Waals surface area contributed by atoms with Crippen LogP contribution in [0.1, 0.15) is 6.42 Å². The molecular weight excluding hydrogens is 144 g/mol. The van der Waals surface area contributed by atoms with E-state index in [9.17, 15) is 4.79 Å². The number of carbonyl (C=O) groups is 1. The summed E-state index contributed by atoms with van der Waals surface area (Å²) in [5, 5.41) is 0. The van der Waals surface area contributed by atoms with E-state index in [2.05, 4.69) is 11.3 Å². The Morgan fingerprint density at radius 2 is 2.45 bits per heavy atom. The fraction of sp³-hybridized carbons (Fsp3) is 0.625. The largest absolute Gasteiger partial charge is 0.466 e. The van der Waals surface area contributed by atoms with Crippen molar-refractivity contribution >= 4 is 5.97 Å². The number of rotatable bonds is 2. The fourth-order valence-electron chi connectivity index (χ4n) is 1.11. The second kappa shape index (κ2) is 3.53. The molecule has 0 amide bonds. The standard InChI is InChI=1S/C8H12O3/c1-6(8(9)10-2)7-3-4-11-5-7/h7H,1,3-5H2,2H3/t7-/m1/s1. The highest BCUT2D eigenvalue weighted by Crippen LogP contribution is 2.20. The molecule has 0 aromatic carbocycles. The minimum Gasteiger partial charge on any atom is -0.466 e. The molecule has 0 unspecified atom stereocenters. The van der Waals surface area contributed by atoms with Crippen LogP contribution in [0.25, 0.3) is 0 Å². The summed E-state index contributed by atoms with van der Waals surface area (Å²) in [6.07, 6.45) is 0.883. The van der Waals surface area contributed by atoms with Crippen molar-refractivity contribution in [1.29, 1.82) is 0 Å². The van der Waals surface area contributed by atoms with Gasteiger partial charge in [0.25, 0.3) is 0 Å². The first kappa shape index (κ1) is 8.27. The molecule has 11 heavy (non-hydrogen) atoms. The smallest absolute Gasteiger partial charge is 0.333 e. The zero-order valence-electron chi connectivity index (χ0n) is 6.63. The normalized spacial score (nSPS) is 23.2. The van der Waals surface area contributed by atoms with Gasteiger partial charge in [0.05, 0.1) is 13.7 Å². The first-order valence-corrected chi connectivity index (χ1v) is 3.60. The van der Waals surface area contributed by atoms with Crippen LogP contribution in [-0.4, -0.2) is 26.3 Å². The highest BCUT2D eigenvalue weighted by Gasteiger charge is 2.23. The maximum absolute atomic E-state index is 10.9. The average Bonchev–Trinajstić information content (AvgIpc) is 2.53.